The second kappa shape index (κ2) is 10.2. The summed E-state index contributed by atoms with van der Waals surface area (Å²) in [5.41, 5.74) is 4.68. The first-order valence-corrected chi connectivity index (χ1v) is 9.18. The molecule has 1 aromatic rings. The third-order valence-electron chi connectivity index (χ3n) is 4.08. The monoisotopic (exact) mass is 466 g/mol. The van der Waals surface area contributed by atoms with Crippen LogP contribution < -0.4 is 11.1 Å². The van der Waals surface area contributed by atoms with Gasteiger partial charge in [0.25, 0.3) is 11.8 Å². The van der Waals surface area contributed by atoms with Crippen LogP contribution in [-0.4, -0.2) is 108 Å². The molecule has 2 aliphatic heterocycles. The average Bonchev–Trinajstić information content (AvgIpc) is 3.21. The van der Waals surface area contributed by atoms with Crippen molar-refractivity contribution in [2.24, 2.45) is 10.9 Å². The van der Waals surface area contributed by atoms with Gasteiger partial charge >= 0.3 is 49.8 Å². The first-order chi connectivity index (χ1) is 13.8. The molecule has 30 heavy (non-hydrogen) atoms. The standard InChI is InChI=1S/C16H16N4O8S.Ca.2H/c1-26-19-9(8-3-2-4-27-8)12(21)18-10-13(22)20-11(15(23)24)7(5-28-16(17)25)6-29-14(10)20;;;/h2-4,10,14H,5-6H2,1H3,(H2,17,25)(H,18,21)(H,23,24);;;/q;+2;2*-1/t10-,14-;;;/m1.../s1. The number of fused-ring (bicyclic) bond motifs is 1. The molecule has 2 aliphatic rings. The summed E-state index contributed by atoms with van der Waals surface area (Å²) < 4.78 is 9.79. The van der Waals surface area contributed by atoms with Crippen LogP contribution in [0.4, 0.5) is 4.79 Å². The van der Waals surface area contributed by atoms with Gasteiger partial charge in [0.05, 0.1) is 6.26 Å². The van der Waals surface area contributed by atoms with E-state index in [1.165, 1.54) is 31.2 Å². The number of carboxylic acids is 1. The van der Waals surface area contributed by atoms with E-state index in [1.807, 2.05) is 0 Å². The van der Waals surface area contributed by atoms with Gasteiger partial charge in [-0.15, -0.1) is 11.8 Å². The van der Waals surface area contributed by atoms with Crippen LogP contribution in [-0.2, 0) is 24.0 Å². The van der Waals surface area contributed by atoms with Gasteiger partial charge in [-0.1, -0.05) is 5.16 Å². The molecule has 4 N–H and O–H groups in total. The summed E-state index contributed by atoms with van der Waals surface area (Å²) in [6.45, 7) is -0.347. The summed E-state index contributed by atoms with van der Waals surface area (Å²) in [7, 11) is 1.25. The molecule has 0 unspecified atom stereocenters. The van der Waals surface area contributed by atoms with E-state index < -0.39 is 35.3 Å². The zero-order chi connectivity index (χ0) is 21.1. The maximum Gasteiger partial charge on any atom is 2.00 e. The van der Waals surface area contributed by atoms with Gasteiger partial charge in [0.1, 0.15) is 30.8 Å². The van der Waals surface area contributed by atoms with Crippen molar-refractivity contribution in [1.82, 2.24) is 10.2 Å². The maximum absolute atomic E-state index is 12.6. The van der Waals surface area contributed by atoms with Crippen LogP contribution >= 0.6 is 11.8 Å². The van der Waals surface area contributed by atoms with Crippen LogP contribution in [0.1, 0.15) is 8.61 Å². The Balaban J connectivity index is 0.00000320. The topological polar surface area (TPSA) is 174 Å². The van der Waals surface area contributed by atoms with Crippen molar-refractivity contribution < 1.29 is 41.1 Å². The second-order valence-electron chi connectivity index (χ2n) is 5.83. The molecule has 158 valence electrons. The van der Waals surface area contributed by atoms with Gasteiger partial charge < -0.3 is 33.0 Å². The fraction of sp³-hybridized carbons (Fsp3) is 0.312. The molecular weight excluding hydrogens is 448 g/mol. The number of carboxylic acid groups (broad SMARTS) is 1. The number of nitrogens with two attached hydrogens (primary N) is 1. The Bertz CT molecular complexity index is 927. The van der Waals surface area contributed by atoms with E-state index in [9.17, 15) is 24.3 Å². The molecule has 1 saturated heterocycles. The molecule has 3 rings (SSSR count). The first kappa shape index (κ1) is 24.1. The molecule has 0 aliphatic carbocycles. The number of ether oxygens (including phenoxy) is 1. The number of primary amides is 1. The number of oxime groups is 1. The zero-order valence-electron chi connectivity index (χ0n) is 17.7. The quantitative estimate of drug-likeness (QED) is 0.203. The van der Waals surface area contributed by atoms with Crippen molar-refractivity contribution in [3.8, 4) is 0 Å². The average molecular weight is 466 g/mol. The predicted molar refractivity (Wildman–Crippen MR) is 105 cm³/mol. The molecule has 1 fully saturated rings. The number of β-lactam (4-membered cyclic amide) rings is 1. The number of nitrogens with zero attached hydrogens (tertiary/aromatic N) is 2. The third-order valence-corrected chi connectivity index (χ3v) is 5.42. The minimum absolute atomic E-state index is 0. The van der Waals surface area contributed by atoms with Gasteiger partial charge in [0.2, 0.25) is 5.71 Å². The number of carbonyl (C=O) groups is 4. The van der Waals surface area contributed by atoms with E-state index in [0.717, 1.165) is 4.90 Å². The van der Waals surface area contributed by atoms with E-state index in [0.29, 0.717) is 0 Å². The Morgan fingerprint density at radius 1 is 1.50 bits per heavy atom. The van der Waals surface area contributed by atoms with E-state index in [1.54, 1.807) is 6.07 Å². The molecule has 0 saturated carbocycles. The summed E-state index contributed by atoms with van der Waals surface area (Å²) in [4.78, 5) is 53.3. The summed E-state index contributed by atoms with van der Waals surface area (Å²) in [5, 5.41) is 15.0. The molecule has 3 amide bonds. The zero-order valence-corrected chi connectivity index (χ0v) is 18.7. The van der Waals surface area contributed by atoms with Crippen molar-refractivity contribution in [2.45, 2.75) is 11.4 Å². The van der Waals surface area contributed by atoms with Gasteiger partial charge in [-0.25, -0.2) is 9.59 Å². The third kappa shape index (κ3) is 4.74. The van der Waals surface area contributed by atoms with Gasteiger partial charge in [-0.2, -0.15) is 0 Å². The van der Waals surface area contributed by atoms with Gasteiger partial charge in [0.15, 0.2) is 5.76 Å². The number of nitrogens with one attached hydrogen (secondary N) is 1. The minimum Gasteiger partial charge on any atom is -1.00 e. The van der Waals surface area contributed by atoms with Crippen LogP contribution in [0, 0.1) is 0 Å². The minimum atomic E-state index is -1.35. The molecule has 14 heteroatoms. The molecule has 0 aromatic carbocycles. The van der Waals surface area contributed by atoms with Crippen LogP contribution in [0.25, 0.3) is 0 Å². The number of hydrogen-bond acceptors (Lipinski definition) is 9. The number of thioether (sulfide) groups is 1. The van der Waals surface area contributed by atoms with Gasteiger partial charge in [-0.05, 0) is 12.1 Å². The van der Waals surface area contributed by atoms with Gasteiger partial charge in [0, 0.05) is 11.3 Å². The molecule has 1 aromatic heterocycles. The smallest absolute Gasteiger partial charge is 1.00 e. The van der Waals surface area contributed by atoms with Crippen molar-refractivity contribution in [2.75, 3.05) is 19.5 Å². The van der Waals surface area contributed by atoms with Crippen LogP contribution in [0.3, 0.4) is 0 Å². The second-order valence-corrected chi connectivity index (χ2v) is 6.93. The van der Waals surface area contributed by atoms with E-state index in [4.69, 9.17) is 10.2 Å². The number of hydrogen-bond donors (Lipinski definition) is 3. The molecule has 0 spiro atoms. The molecule has 3 heterocycles. The Morgan fingerprint density at radius 3 is 2.80 bits per heavy atom. The maximum atomic E-state index is 12.6. The number of carbonyl (C=O) groups excluding carboxylic acids is 3. The Kier molecular flexibility index (Phi) is 8.17. The van der Waals surface area contributed by atoms with Crippen LogP contribution in [0.15, 0.2) is 39.2 Å². The molecule has 0 radical (unpaired) electrons. The SMILES string of the molecule is CON=C(C(=O)N[C@@H]1C(=O)N2C(C(=O)O)=C(COC(N)=O)CS[C@H]12)c1ccco1.[Ca+2].[H-].[H-]. The van der Waals surface area contributed by atoms with Gasteiger partial charge in [-0.3, -0.25) is 14.5 Å². The van der Waals surface area contributed by atoms with Crippen LogP contribution in [0.2, 0.25) is 0 Å². The van der Waals surface area contributed by atoms with E-state index in [-0.39, 0.29) is 75.7 Å². The molecule has 0 bridgehead atoms. The largest absolute Gasteiger partial charge is 2.00 e. The Hall–Kier alpha value is -2.22. The Labute approximate surface area is 206 Å². The summed E-state index contributed by atoms with van der Waals surface area (Å²) >= 11 is 1.21. The van der Waals surface area contributed by atoms with Crippen LogP contribution in [0.5, 0.6) is 0 Å². The van der Waals surface area contributed by atoms with Crippen molar-refractivity contribution in [3.05, 3.63) is 35.4 Å². The Morgan fingerprint density at radius 2 is 2.23 bits per heavy atom. The van der Waals surface area contributed by atoms with E-state index >= 15 is 0 Å². The molecule has 2 atom stereocenters. The fourth-order valence-electron chi connectivity index (χ4n) is 2.87. The molecular formula is C16H18CaN4O8S. The first-order valence-electron chi connectivity index (χ1n) is 8.13. The number of aliphatic carboxylic acids is 1. The van der Waals surface area contributed by atoms with Crippen molar-refractivity contribution in [3.63, 3.8) is 0 Å². The van der Waals surface area contributed by atoms with Crippen molar-refractivity contribution in [1.29, 1.82) is 0 Å². The van der Waals surface area contributed by atoms with Crippen molar-refractivity contribution >= 4 is 79.1 Å². The molecule has 12 nitrogen and oxygen atoms in total. The number of rotatable bonds is 7. The normalized spacial score (nSPS) is 20.5. The number of amides is 3. The fourth-order valence-corrected chi connectivity index (χ4v) is 4.19. The summed E-state index contributed by atoms with van der Waals surface area (Å²) in [6.07, 6.45) is 0.290. The van der Waals surface area contributed by atoms with E-state index in [2.05, 4.69) is 20.0 Å². The number of furan rings is 1. The summed E-state index contributed by atoms with van der Waals surface area (Å²) in [6, 6.07) is 2.08. The predicted octanol–water partition coefficient (Wildman–Crippen LogP) is -0.692. The summed E-state index contributed by atoms with van der Waals surface area (Å²) in [5.74, 6) is -2.38.